The first kappa shape index (κ1) is 28.3. The van der Waals surface area contributed by atoms with Crippen molar-refractivity contribution in [1.29, 1.82) is 0 Å². The maximum absolute atomic E-state index is 8.92. The Bertz CT molecular complexity index is 4060. The molecule has 10 rings (SSSR count). The number of para-hydroxylation sites is 1. The molecular weight excluding hydrogens is 1150 g/mol. The van der Waals surface area contributed by atoms with Gasteiger partial charge in [-0.2, -0.15) is 12.1 Å². The van der Waals surface area contributed by atoms with Gasteiger partial charge in [-0.15, -0.1) is 47.5 Å². The number of aromatic nitrogens is 4. The number of hydrogen-bond acceptors (Lipinski definition) is 2. The quantitative estimate of drug-likeness (QED) is 0.142. The van der Waals surface area contributed by atoms with Crippen LogP contribution in [0.15, 0.2) is 212 Å². The second kappa shape index (κ2) is 21.2. The van der Waals surface area contributed by atoms with Crippen molar-refractivity contribution in [2.75, 3.05) is 0 Å². The van der Waals surface area contributed by atoms with Crippen molar-refractivity contribution in [3.63, 3.8) is 0 Å². The van der Waals surface area contributed by atoms with E-state index in [2.05, 4.69) is 50.8 Å². The molecule has 0 atom stereocenters. The Morgan fingerprint density at radius 2 is 0.908 bits per heavy atom. The molecule has 0 unspecified atom stereocenters. The molecule has 0 aliphatic heterocycles. The molecule has 2 heterocycles. The van der Waals surface area contributed by atoms with Crippen molar-refractivity contribution in [2.45, 2.75) is 6.92 Å². The minimum Gasteiger partial charge on any atom is -0.339 e. The van der Waals surface area contributed by atoms with Gasteiger partial charge < -0.3 is 9.13 Å². The van der Waals surface area contributed by atoms with Crippen molar-refractivity contribution in [2.24, 2.45) is 0 Å². The molecule has 0 saturated carbocycles. The summed E-state index contributed by atoms with van der Waals surface area (Å²) < 4.78 is 147. The van der Waals surface area contributed by atoms with Crippen molar-refractivity contribution in [3.8, 4) is 78.7 Å². The number of aryl methyl sites for hydroxylation is 1. The Morgan fingerprint density at radius 3 is 1.32 bits per heavy atom. The van der Waals surface area contributed by atoms with Gasteiger partial charge in [0.05, 0.1) is 59.5 Å². The third-order valence-electron chi connectivity index (χ3n) is 9.60. The summed E-state index contributed by atoms with van der Waals surface area (Å²) in [6, 6.07) is 28.7. The van der Waals surface area contributed by atoms with Crippen LogP contribution in [0.2, 0.25) is 0 Å². The second-order valence-electron chi connectivity index (χ2n) is 13.5. The Balaban J connectivity index is 0.000000240. The smallest absolute Gasteiger partial charge is 0.109 e. The first-order chi connectivity index (χ1) is 38.1. The van der Waals surface area contributed by atoms with E-state index < -0.39 is 119 Å². The third kappa shape index (κ3) is 9.84. The largest absolute Gasteiger partial charge is 0.339 e. The predicted octanol–water partition coefficient (Wildman–Crippen LogP) is 14.8. The van der Waals surface area contributed by atoms with E-state index in [1.54, 1.807) is 22.8 Å². The Morgan fingerprint density at radius 1 is 0.492 bits per heavy atom. The van der Waals surface area contributed by atoms with Crippen molar-refractivity contribution in [3.05, 3.63) is 253 Å². The zero-order valence-corrected chi connectivity index (χ0v) is 38.5. The molecule has 0 spiro atoms. The molecule has 0 fully saturated rings. The molecule has 10 aromatic rings. The van der Waals surface area contributed by atoms with Gasteiger partial charge in [-0.05, 0) is 46.9 Å². The van der Waals surface area contributed by atoms with E-state index in [1.807, 2.05) is 60.7 Å². The van der Waals surface area contributed by atoms with Crippen LogP contribution in [0.3, 0.4) is 0 Å². The number of rotatable bonds is 8. The second-order valence-corrected chi connectivity index (χ2v) is 13.5. The van der Waals surface area contributed by atoms with E-state index in [-0.39, 0.29) is 69.6 Å². The SMILES string of the molecule is [2H]c1nc(-c2[c-]ccc([N+]#[C-])c2)n(-c2c(-c3c([2H])c([2H])c([2H])c([2H])c3[2H])c([2H])c([2H])c([2H])c2-c2c([2H])c([2H])c([2H])c([2H])c2[2H])c1[2H].[2H]c1nc(-c2[c-]ccc([N+]#[C-])c2)n(-c2c(-c3ccccc3)cc(C)cc2-c2ccccc2)c1[2H].[Ir].[Ir]. The van der Waals surface area contributed by atoms with Crippen LogP contribution in [0, 0.1) is 32.2 Å². The molecule has 2 radical (unpaired) electrons. The average molecular weight is 1210 g/mol. The van der Waals surface area contributed by atoms with Crippen molar-refractivity contribution < 1.29 is 63.5 Å². The monoisotopic (exact) mass is 1210 g/mol. The number of benzene rings is 8. The third-order valence-corrected chi connectivity index (χ3v) is 9.60. The number of imidazole rings is 2. The maximum Gasteiger partial charge on any atom is 0.109 e. The topological polar surface area (TPSA) is 44.4 Å². The van der Waals surface area contributed by atoms with Gasteiger partial charge in [-0.1, -0.05) is 139 Å². The molecule has 316 valence electrons. The van der Waals surface area contributed by atoms with Gasteiger partial charge >= 0.3 is 0 Å². The fourth-order valence-electron chi connectivity index (χ4n) is 6.88. The molecule has 6 nitrogen and oxygen atoms in total. The molecule has 8 aromatic carbocycles. The van der Waals surface area contributed by atoms with Gasteiger partial charge in [-0.3, -0.25) is 19.7 Å². The molecule has 0 aliphatic rings. The normalized spacial score (nSPS) is 13.9. The van der Waals surface area contributed by atoms with Gasteiger partial charge in [0.15, 0.2) is 0 Å². The molecule has 0 amide bonds. The van der Waals surface area contributed by atoms with Crippen LogP contribution in [0.25, 0.3) is 88.3 Å². The summed E-state index contributed by atoms with van der Waals surface area (Å²) in [6.45, 7) is 16.9. The molecule has 65 heavy (non-hydrogen) atoms. The van der Waals surface area contributed by atoms with E-state index in [4.69, 9.17) is 36.4 Å². The van der Waals surface area contributed by atoms with Gasteiger partial charge in [-0.25, -0.2) is 0 Å². The van der Waals surface area contributed by atoms with E-state index in [0.29, 0.717) is 17.1 Å². The van der Waals surface area contributed by atoms with Crippen LogP contribution in [0.5, 0.6) is 0 Å². The predicted molar refractivity (Wildman–Crippen MR) is 255 cm³/mol. The van der Waals surface area contributed by atoms with Gasteiger partial charge in [0.25, 0.3) is 0 Å². The molecule has 0 bridgehead atoms. The minimum absolute atomic E-state index is 0. The summed E-state index contributed by atoms with van der Waals surface area (Å²) >= 11 is 0. The van der Waals surface area contributed by atoms with Crippen LogP contribution in [-0.2, 0) is 40.2 Å². The Hall–Kier alpha value is -7.54. The standard InChI is InChI=1S/C29H20N3.C28H18N3.2Ir/c1-21-18-26(22-10-5-3-6-11-22)28(27(19-21)23-12-7-4-8-13-23)32-17-16-31-29(32)24-14-9-15-25(20-24)30-2;1-29-24-15-8-14-23(20-24)28-30-18-19-31(28)27-25(21-10-4-2-5-11-21)16-9-17-26(27)22-12-6-3-7-13-22;;/h3-13,15-20H,1H3;2-13,15-20H;;/q2*-1;;/i16D,17D;2D,3D,4D,5D,6D,7D,9D,10D,11D,12D,13D,16D,17D,18D,19D;;. The summed E-state index contributed by atoms with van der Waals surface area (Å²) in [7, 11) is 0. The van der Waals surface area contributed by atoms with Gasteiger partial charge in [0.1, 0.15) is 11.4 Å². The number of hydrogen-bond donors (Lipinski definition) is 0. The van der Waals surface area contributed by atoms with Crippen LogP contribution >= 0.6 is 0 Å². The summed E-state index contributed by atoms with van der Waals surface area (Å²) in [6.07, 6.45) is -1.55. The van der Waals surface area contributed by atoms with Crippen molar-refractivity contribution >= 4 is 11.4 Å². The molecule has 0 saturated heterocycles. The zero-order valence-electron chi connectivity index (χ0n) is 50.7. The molecule has 8 heteroatoms. The van der Waals surface area contributed by atoms with Gasteiger partial charge in [0.2, 0.25) is 0 Å². The summed E-state index contributed by atoms with van der Waals surface area (Å²) in [5.74, 6) is 0.123. The number of nitrogens with zero attached hydrogens (tertiary/aromatic N) is 6. The van der Waals surface area contributed by atoms with E-state index >= 15 is 0 Å². The Kier molecular flexibility index (Phi) is 9.24. The average Bonchev–Trinajstić information content (AvgIpc) is 3.28. The van der Waals surface area contributed by atoms with E-state index in [9.17, 15) is 0 Å². The van der Waals surface area contributed by atoms with Crippen molar-refractivity contribution in [1.82, 2.24) is 19.1 Å². The molecule has 0 aliphatic carbocycles. The summed E-state index contributed by atoms with van der Waals surface area (Å²) in [5.41, 5.74) is 3.79. The molecule has 2 aromatic heterocycles. The van der Waals surface area contributed by atoms with Gasteiger partial charge in [0, 0.05) is 87.2 Å². The first-order valence-corrected chi connectivity index (χ1v) is 19.1. The Labute approximate surface area is 430 Å². The van der Waals surface area contributed by atoms with Crippen LogP contribution in [0.4, 0.5) is 11.4 Å². The fourth-order valence-corrected chi connectivity index (χ4v) is 6.88. The van der Waals surface area contributed by atoms with E-state index in [0.717, 1.165) is 38.1 Å². The zero-order chi connectivity index (χ0) is 57.8. The summed E-state index contributed by atoms with van der Waals surface area (Å²) in [4.78, 5) is 15.4. The van der Waals surface area contributed by atoms with Crippen LogP contribution in [0.1, 0.15) is 28.9 Å². The van der Waals surface area contributed by atoms with E-state index in [1.165, 1.54) is 18.2 Å². The van der Waals surface area contributed by atoms with Crippen LogP contribution in [-0.4, -0.2) is 19.1 Å². The van der Waals surface area contributed by atoms with Crippen LogP contribution < -0.4 is 0 Å². The fraction of sp³-hybridized carbons (Fsp3) is 0.0175. The summed E-state index contributed by atoms with van der Waals surface area (Å²) in [5, 5.41) is 0. The maximum atomic E-state index is 8.92. The molecular formula is C57H38Ir2N6-2. The molecule has 0 N–H and O–H groups in total. The minimum atomic E-state index is -0.881. The first-order valence-electron chi connectivity index (χ1n) is 27.6.